The van der Waals surface area contributed by atoms with Gasteiger partial charge < -0.3 is 5.32 Å². The lowest BCUT2D eigenvalue weighted by atomic mass is 9.92. The molecule has 1 aliphatic rings. The highest BCUT2D eigenvalue weighted by Crippen LogP contribution is 2.25. The van der Waals surface area contributed by atoms with Crippen molar-refractivity contribution in [3.05, 3.63) is 53.3 Å². The van der Waals surface area contributed by atoms with Gasteiger partial charge in [0.2, 0.25) is 0 Å². The fourth-order valence-electron chi connectivity index (χ4n) is 2.76. The summed E-state index contributed by atoms with van der Waals surface area (Å²) < 4.78 is 2.03. The monoisotopic (exact) mass is 255 g/mol. The van der Waals surface area contributed by atoms with Gasteiger partial charge in [0.15, 0.2) is 0 Å². The molecule has 0 fully saturated rings. The Labute approximate surface area is 114 Å². The minimum absolute atomic E-state index is 0.403. The summed E-state index contributed by atoms with van der Waals surface area (Å²) in [7, 11) is 0. The van der Waals surface area contributed by atoms with Gasteiger partial charge >= 0.3 is 0 Å². The van der Waals surface area contributed by atoms with Crippen LogP contribution in [0.25, 0.3) is 0 Å². The van der Waals surface area contributed by atoms with Gasteiger partial charge in [-0.25, -0.2) is 0 Å². The first-order valence-electron chi connectivity index (χ1n) is 7.09. The average molecular weight is 255 g/mol. The lowest BCUT2D eigenvalue weighted by Crippen LogP contribution is -2.31. The molecule has 1 atom stereocenters. The topological polar surface area (TPSA) is 29.9 Å². The summed E-state index contributed by atoms with van der Waals surface area (Å²) in [5.74, 6) is 0. The van der Waals surface area contributed by atoms with E-state index in [-0.39, 0.29) is 0 Å². The molecule has 1 aromatic carbocycles. The molecule has 3 heteroatoms. The molecule has 0 saturated carbocycles. The van der Waals surface area contributed by atoms with Crippen LogP contribution in [0.5, 0.6) is 0 Å². The molecule has 2 heterocycles. The van der Waals surface area contributed by atoms with E-state index in [0.717, 1.165) is 19.4 Å². The number of aromatic nitrogens is 2. The first-order valence-corrected chi connectivity index (χ1v) is 7.09. The Morgan fingerprint density at radius 2 is 2.16 bits per heavy atom. The number of nitrogens with one attached hydrogen (secondary N) is 1. The molecule has 0 saturated heterocycles. The summed E-state index contributed by atoms with van der Waals surface area (Å²) in [4.78, 5) is 0. The number of rotatable bonds is 3. The van der Waals surface area contributed by atoms with Gasteiger partial charge in [-0.3, -0.25) is 4.68 Å². The van der Waals surface area contributed by atoms with Crippen LogP contribution >= 0.6 is 0 Å². The molecule has 19 heavy (non-hydrogen) atoms. The fraction of sp³-hybridized carbons (Fsp3) is 0.438. The summed E-state index contributed by atoms with van der Waals surface area (Å²) in [6.07, 6.45) is 4.18. The van der Waals surface area contributed by atoms with Gasteiger partial charge in [0.05, 0.1) is 5.69 Å². The van der Waals surface area contributed by atoms with E-state index in [9.17, 15) is 0 Å². The molecule has 0 radical (unpaired) electrons. The van der Waals surface area contributed by atoms with E-state index >= 15 is 0 Å². The summed E-state index contributed by atoms with van der Waals surface area (Å²) in [5.41, 5.74) is 4.09. The number of benzene rings is 1. The SMILES string of the molecule is CC(C)n1ccc(CC2NCCc3ccccc32)n1. The quantitative estimate of drug-likeness (QED) is 0.914. The minimum Gasteiger partial charge on any atom is -0.309 e. The number of nitrogens with zero attached hydrogens (tertiary/aromatic N) is 2. The second kappa shape index (κ2) is 5.17. The Balaban J connectivity index is 1.80. The maximum atomic E-state index is 4.65. The van der Waals surface area contributed by atoms with Gasteiger partial charge in [0, 0.05) is 24.7 Å². The minimum atomic E-state index is 0.403. The zero-order chi connectivity index (χ0) is 13.2. The molecule has 1 aromatic heterocycles. The zero-order valence-electron chi connectivity index (χ0n) is 11.6. The summed E-state index contributed by atoms with van der Waals surface area (Å²) in [6.45, 7) is 5.38. The van der Waals surface area contributed by atoms with Crippen molar-refractivity contribution in [1.29, 1.82) is 0 Å². The van der Waals surface area contributed by atoms with E-state index in [4.69, 9.17) is 0 Å². The third kappa shape index (κ3) is 2.56. The summed E-state index contributed by atoms with van der Waals surface area (Å²) in [5, 5.41) is 8.27. The molecular formula is C16H21N3. The van der Waals surface area contributed by atoms with Crippen LogP contribution in [0.15, 0.2) is 36.5 Å². The Hall–Kier alpha value is -1.61. The predicted molar refractivity (Wildman–Crippen MR) is 77.2 cm³/mol. The van der Waals surface area contributed by atoms with Crippen LogP contribution in [0.2, 0.25) is 0 Å². The highest BCUT2D eigenvalue weighted by Gasteiger charge is 2.20. The van der Waals surface area contributed by atoms with Crippen molar-refractivity contribution < 1.29 is 0 Å². The van der Waals surface area contributed by atoms with Gasteiger partial charge in [0.25, 0.3) is 0 Å². The molecule has 0 aliphatic carbocycles. The number of hydrogen-bond acceptors (Lipinski definition) is 2. The summed E-state index contributed by atoms with van der Waals surface area (Å²) >= 11 is 0. The van der Waals surface area contributed by atoms with Crippen LogP contribution < -0.4 is 5.32 Å². The van der Waals surface area contributed by atoms with Gasteiger partial charge in [-0.2, -0.15) is 5.10 Å². The second-order valence-corrected chi connectivity index (χ2v) is 5.54. The smallest absolute Gasteiger partial charge is 0.0643 e. The van der Waals surface area contributed by atoms with Gasteiger partial charge in [-0.15, -0.1) is 0 Å². The van der Waals surface area contributed by atoms with Crippen LogP contribution in [0.4, 0.5) is 0 Å². The van der Waals surface area contributed by atoms with E-state index in [1.54, 1.807) is 0 Å². The van der Waals surface area contributed by atoms with Crippen LogP contribution in [0.3, 0.4) is 0 Å². The van der Waals surface area contributed by atoms with Crippen molar-refractivity contribution in [2.75, 3.05) is 6.54 Å². The second-order valence-electron chi connectivity index (χ2n) is 5.54. The number of fused-ring (bicyclic) bond motifs is 1. The van der Waals surface area contributed by atoms with Crippen molar-refractivity contribution in [3.8, 4) is 0 Å². The fourth-order valence-corrected chi connectivity index (χ4v) is 2.76. The lowest BCUT2D eigenvalue weighted by Gasteiger charge is -2.26. The van der Waals surface area contributed by atoms with Crippen LogP contribution in [-0.2, 0) is 12.8 Å². The Bertz CT molecular complexity index is 557. The first-order chi connectivity index (χ1) is 9.24. The zero-order valence-corrected chi connectivity index (χ0v) is 11.6. The first kappa shape index (κ1) is 12.4. The van der Waals surface area contributed by atoms with Crippen molar-refractivity contribution in [2.24, 2.45) is 0 Å². The molecule has 0 bridgehead atoms. The molecule has 2 aromatic rings. The van der Waals surface area contributed by atoms with E-state index in [0.29, 0.717) is 12.1 Å². The normalized spacial score (nSPS) is 18.6. The van der Waals surface area contributed by atoms with Gasteiger partial charge in [0.1, 0.15) is 0 Å². The molecule has 0 amide bonds. The standard InChI is InChI=1S/C16H21N3/c1-12(2)19-10-8-14(18-19)11-16-15-6-4-3-5-13(15)7-9-17-16/h3-6,8,10,12,16-17H,7,9,11H2,1-2H3. The van der Waals surface area contributed by atoms with E-state index < -0.39 is 0 Å². The molecule has 100 valence electrons. The third-order valence-electron chi connectivity index (χ3n) is 3.82. The van der Waals surface area contributed by atoms with Crippen molar-refractivity contribution in [2.45, 2.75) is 38.8 Å². The van der Waals surface area contributed by atoms with Crippen molar-refractivity contribution >= 4 is 0 Å². The van der Waals surface area contributed by atoms with Crippen LogP contribution in [0, 0.1) is 0 Å². The lowest BCUT2D eigenvalue weighted by molar-refractivity contribution is 0.484. The molecule has 3 rings (SSSR count). The largest absolute Gasteiger partial charge is 0.309 e. The van der Waals surface area contributed by atoms with E-state index in [1.807, 2.05) is 4.68 Å². The molecule has 1 unspecified atom stereocenters. The van der Waals surface area contributed by atoms with E-state index in [1.165, 1.54) is 16.8 Å². The summed E-state index contributed by atoms with van der Waals surface area (Å²) in [6, 6.07) is 11.7. The predicted octanol–water partition coefficient (Wildman–Crippen LogP) is 2.89. The maximum Gasteiger partial charge on any atom is 0.0643 e. The van der Waals surface area contributed by atoms with Gasteiger partial charge in [-0.1, -0.05) is 24.3 Å². The van der Waals surface area contributed by atoms with Crippen molar-refractivity contribution in [1.82, 2.24) is 15.1 Å². The third-order valence-corrected chi connectivity index (χ3v) is 3.82. The Morgan fingerprint density at radius 1 is 1.32 bits per heavy atom. The van der Waals surface area contributed by atoms with Crippen molar-refractivity contribution in [3.63, 3.8) is 0 Å². The average Bonchev–Trinajstić information content (AvgIpc) is 2.88. The van der Waals surface area contributed by atoms with Crippen LogP contribution in [-0.4, -0.2) is 16.3 Å². The maximum absolute atomic E-state index is 4.65. The Morgan fingerprint density at radius 3 is 2.95 bits per heavy atom. The van der Waals surface area contributed by atoms with Crippen LogP contribution in [0.1, 0.15) is 42.8 Å². The number of hydrogen-bond donors (Lipinski definition) is 1. The molecule has 1 N–H and O–H groups in total. The highest BCUT2D eigenvalue weighted by atomic mass is 15.3. The molecular weight excluding hydrogens is 234 g/mol. The molecule has 0 spiro atoms. The molecule has 1 aliphatic heterocycles. The Kier molecular flexibility index (Phi) is 3.38. The van der Waals surface area contributed by atoms with E-state index in [2.05, 4.69) is 60.8 Å². The molecule has 3 nitrogen and oxygen atoms in total. The van der Waals surface area contributed by atoms with Gasteiger partial charge in [-0.05, 0) is 44.0 Å². The highest BCUT2D eigenvalue weighted by molar-refractivity contribution is 5.33.